The molecule has 7 nitrogen and oxygen atoms in total. The topological polar surface area (TPSA) is 87.3 Å². The van der Waals surface area contributed by atoms with Crippen LogP contribution in [0.3, 0.4) is 0 Å². The van der Waals surface area contributed by atoms with E-state index in [2.05, 4.69) is 15.5 Å². The van der Waals surface area contributed by atoms with Crippen LogP contribution in [0.1, 0.15) is 10.4 Å². The summed E-state index contributed by atoms with van der Waals surface area (Å²) < 4.78 is 5.50. The van der Waals surface area contributed by atoms with E-state index in [4.69, 9.17) is 4.74 Å². The van der Waals surface area contributed by atoms with Crippen molar-refractivity contribution in [1.29, 1.82) is 0 Å². The van der Waals surface area contributed by atoms with Crippen LogP contribution in [0.4, 0.5) is 0 Å². The number of hydrogen-bond acceptors (Lipinski definition) is 4. The van der Waals surface area contributed by atoms with Gasteiger partial charge in [-0.1, -0.05) is 12.1 Å². The summed E-state index contributed by atoms with van der Waals surface area (Å²) >= 11 is 0. The van der Waals surface area contributed by atoms with Gasteiger partial charge in [0.25, 0.3) is 5.91 Å². The third kappa shape index (κ3) is 2.78. The molecule has 0 radical (unpaired) electrons. The molecule has 2 atom stereocenters. The van der Waals surface area contributed by atoms with Crippen molar-refractivity contribution < 1.29 is 14.3 Å². The van der Waals surface area contributed by atoms with Crippen molar-refractivity contribution in [2.24, 2.45) is 5.92 Å². The largest absolute Gasteiger partial charge is 0.378 e. The Hall–Kier alpha value is -2.67. The Labute approximate surface area is 139 Å². The Bertz CT molecular complexity index is 759. The molecule has 2 aliphatic rings. The first-order valence-electron chi connectivity index (χ1n) is 7.97. The zero-order valence-electron chi connectivity index (χ0n) is 13.1. The summed E-state index contributed by atoms with van der Waals surface area (Å²) in [5.74, 6) is -0.396. The summed E-state index contributed by atoms with van der Waals surface area (Å²) in [7, 11) is 0. The summed E-state index contributed by atoms with van der Waals surface area (Å²) in [5.41, 5.74) is 2.48. The van der Waals surface area contributed by atoms with Gasteiger partial charge in [0, 0.05) is 30.4 Å². The first-order chi connectivity index (χ1) is 11.7. The SMILES string of the molecule is O=C1N[C@@H]2COC[C@H]1CN(C(=O)c1cccc(-c3cn[nH]c3)c1)C2. The number of H-pyrrole nitrogens is 1. The average Bonchev–Trinajstić information content (AvgIpc) is 3.00. The number of carbonyl (C=O) groups is 2. The van der Waals surface area contributed by atoms with Gasteiger partial charge in [0.1, 0.15) is 0 Å². The first kappa shape index (κ1) is 14.9. The van der Waals surface area contributed by atoms with Crippen LogP contribution in [-0.4, -0.2) is 59.3 Å². The maximum Gasteiger partial charge on any atom is 0.253 e. The summed E-state index contributed by atoms with van der Waals surface area (Å²) in [6.45, 7) is 1.66. The number of carbonyl (C=O) groups excluding carboxylic acids is 2. The van der Waals surface area contributed by atoms with Gasteiger partial charge < -0.3 is 15.0 Å². The number of benzene rings is 1. The Kier molecular flexibility index (Phi) is 3.78. The van der Waals surface area contributed by atoms with E-state index < -0.39 is 0 Å². The molecule has 0 aliphatic carbocycles. The second-order valence-electron chi connectivity index (χ2n) is 6.22. The summed E-state index contributed by atoms with van der Waals surface area (Å²) in [4.78, 5) is 26.8. The summed E-state index contributed by atoms with van der Waals surface area (Å²) in [6, 6.07) is 7.32. The highest BCUT2D eigenvalue weighted by molar-refractivity contribution is 5.96. The van der Waals surface area contributed by atoms with Crippen molar-refractivity contribution in [3.63, 3.8) is 0 Å². The summed E-state index contributed by atoms with van der Waals surface area (Å²) in [6.07, 6.45) is 3.51. The van der Waals surface area contributed by atoms with E-state index >= 15 is 0 Å². The fourth-order valence-electron chi connectivity index (χ4n) is 3.22. The lowest BCUT2D eigenvalue weighted by atomic mass is 10.0. The molecule has 0 unspecified atom stereocenters. The van der Waals surface area contributed by atoms with E-state index in [1.807, 2.05) is 18.2 Å². The van der Waals surface area contributed by atoms with E-state index in [1.54, 1.807) is 23.4 Å². The van der Waals surface area contributed by atoms with Crippen molar-refractivity contribution in [1.82, 2.24) is 20.4 Å². The van der Waals surface area contributed by atoms with Crippen LogP contribution in [-0.2, 0) is 9.53 Å². The molecule has 2 amide bonds. The van der Waals surface area contributed by atoms with E-state index in [0.717, 1.165) is 11.1 Å². The Morgan fingerprint density at radius 2 is 2.17 bits per heavy atom. The zero-order chi connectivity index (χ0) is 16.5. The minimum Gasteiger partial charge on any atom is -0.378 e. The molecule has 2 aromatic rings. The number of hydrogen-bond donors (Lipinski definition) is 2. The lowest BCUT2D eigenvalue weighted by Crippen LogP contribution is -2.44. The van der Waals surface area contributed by atoms with Crippen molar-refractivity contribution >= 4 is 11.8 Å². The van der Waals surface area contributed by atoms with Gasteiger partial charge in [-0.15, -0.1) is 0 Å². The van der Waals surface area contributed by atoms with Crippen molar-refractivity contribution in [2.75, 3.05) is 26.3 Å². The van der Waals surface area contributed by atoms with Crippen LogP contribution in [0.15, 0.2) is 36.7 Å². The van der Waals surface area contributed by atoms with E-state index in [9.17, 15) is 9.59 Å². The van der Waals surface area contributed by atoms with Crippen LogP contribution in [0, 0.1) is 5.92 Å². The van der Waals surface area contributed by atoms with Gasteiger partial charge in [0.05, 0.1) is 31.4 Å². The van der Waals surface area contributed by atoms with Crippen LogP contribution in [0.25, 0.3) is 11.1 Å². The van der Waals surface area contributed by atoms with Gasteiger partial charge in [-0.25, -0.2) is 0 Å². The van der Waals surface area contributed by atoms with Gasteiger partial charge in [-0.2, -0.15) is 5.10 Å². The number of aromatic nitrogens is 2. The number of fused-ring (bicyclic) bond motifs is 3. The Morgan fingerprint density at radius 1 is 1.25 bits per heavy atom. The first-order valence-corrected chi connectivity index (χ1v) is 7.97. The second-order valence-corrected chi connectivity index (χ2v) is 6.22. The second kappa shape index (κ2) is 6.09. The molecular formula is C17H18N4O3. The van der Waals surface area contributed by atoms with Crippen molar-refractivity contribution in [3.8, 4) is 11.1 Å². The molecule has 124 valence electrons. The Balaban J connectivity index is 1.59. The smallest absolute Gasteiger partial charge is 0.253 e. The number of ether oxygens (including phenoxy) is 1. The molecule has 4 rings (SSSR count). The predicted octanol–water partition coefficient (Wildman–Crippen LogP) is 0.664. The number of amides is 2. The quantitative estimate of drug-likeness (QED) is 0.849. The molecule has 2 saturated heterocycles. The fraction of sp³-hybridized carbons (Fsp3) is 0.353. The lowest BCUT2D eigenvalue weighted by molar-refractivity contribution is -0.125. The van der Waals surface area contributed by atoms with Crippen LogP contribution >= 0.6 is 0 Å². The number of aromatic amines is 1. The standard InChI is InChI=1S/C17H18N4O3/c22-16-14-7-21(8-15(20-16)10-24-9-14)17(23)12-3-1-2-11(4-12)13-5-18-19-6-13/h1-6,14-15H,7-10H2,(H,18,19)(H,20,22)/t14-,15+/m1/s1. The monoisotopic (exact) mass is 326 g/mol. The van der Waals surface area contributed by atoms with Crippen molar-refractivity contribution in [3.05, 3.63) is 42.2 Å². The molecule has 3 heterocycles. The maximum absolute atomic E-state index is 12.9. The molecule has 2 aliphatic heterocycles. The normalized spacial score (nSPS) is 23.5. The van der Waals surface area contributed by atoms with Gasteiger partial charge in [0.2, 0.25) is 5.91 Å². The van der Waals surface area contributed by atoms with Gasteiger partial charge in [-0.3, -0.25) is 14.7 Å². The zero-order valence-corrected chi connectivity index (χ0v) is 13.1. The van der Waals surface area contributed by atoms with Crippen LogP contribution in [0.5, 0.6) is 0 Å². The molecular weight excluding hydrogens is 308 g/mol. The lowest BCUT2D eigenvalue weighted by Gasteiger charge is -2.27. The van der Waals surface area contributed by atoms with E-state index in [0.29, 0.717) is 31.9 Å². The molecule has 1 aromatic carbocycles. The maximum atomic E-state index is 12.9. The predicted molar refractivity (Wildman–Crippen MR) is 86.2 cm³/mol. The number of nitrogens with one attached hydrogen (secondary N) is 2. The molecule has 2 N–H and O–H groups in total. The molecule has 2 bridgehead atoms. The molecule has 2 fully saturated rings. The minimum atomic E-state index is -0.307. The highest BCUT2D eigenvalue weighted by Gasteiger charge is 2.35. The van der Waals surface area contributed by atoms with Gasteiger partial charge in [0.15, 0.2) is 0 Å². The third-order valence-corrected chi connectivity index (χ3v) is 4.47. The highest BCUT2D eigenvalue weighted by Crippen LogP contribution is 2.21. The number of nitrogens with zero attached hydrogens (tertiary/aromatic N) is 2. The van der Waals surface area contributed by atoms with Gasteiger partial charge >= 0.3 is 0 Å². The number of rotatable bonds is 2. The van der Waals surface area contributed by atoms with Crippen LogP contribution < -0.4 is 5.32 Å². The fourth-order valence-corrected chi connectivity index (χ4v) is 3.22. The highest BCUT2D eigenvalue weighted by atomic mass is 16.5. The molecule has 1 aromatic heterocycles. The average molecular weight is 326 g/mol. The molecule has 0 spiro atoms. The molecule has 0 saturated carbocycles. The Morgan fingerprint density at radius 3 is 3.00 bits per heavy atom. The third-order valence-electron chi connectivity index (χ3n) is 4.47. The van der Waals surface area contributed by atoms with Gasteiger partial charge in [-0.05, 0) is 17.7 Å². The van der Waals surface area contributed by atoms with Crippen molar-refractivity contribution in [2.45, 2.75) is 6.04 Å². The van der Waals surface area contributed by atoms with E-state index in [-0.39, 0.29) is 23.8 Å². The van der Waals surface area contributed by atoms with Crippen LogP contribution in [0.2, 0.25) is 0 Å². The van der Waals surface area contributed by atoms with E-state index in [1.165, 1.54) is 0 Å². The molecule has 24 heavy (non-hydrogen) atoms. The molecule has 7 heteroatoms. The minimum absolute atomic E-state index is 0.0278. The summed E-state index contributed by atoms with van der Waals surface area (Å²) in [5, 5.41) is 9.66.